The molecule has 2 heterocycles. The van der Waals surface area contributed by atoms with Crippen LogP contribution in [0.2, 0.25) is 0 Å². The van der Waals surface area contributed by atoms with E-state index in [0.29, 0.717) is 45.4 Å². The van der Waals surface area contributed by atoms with E-state index in [0.717, 1.165) is 24.5 Å². The number of imide groups is 1. The number of halogens is 1. The molecule has 2 amide bonds. The van der Waals surface area contributed by atoms with Gasteiger partial charge in [-0.2, -0.15) is 0 Å². The summed E-state index contributed by atoms with van der Waals surface area (Å²) in [4.78, 5) is 31.8. The predicted octanol–water partition coefficient (Wildman–Crippen LogP) is 1.01. The van der Waals surface area contributed by atoms with Crippen molar-refractivity contribution >= 4 is 41.8 Å². The Morgan fingerprint density at radius 3 is 2.42 bits per heavy atom. The molecular weight excluding hydrogens is 537 g/mol. The van der Waals surface area contributed by atoms with E-state index in [9.17, 15) is 9.59 Å². The van der Waals surface area contributed by atoms with E-state index in [-0.39, 0.29) is 59.5 Å². The van der Waals surface area contributed by atoms with Crippen LogP contribution in [0.5, 0.6) is 0 Å². The number of aliphatic imine (C=N–C) groups is 1. The number of fused-ring (bicyclic) bond motifs is 5. The second-order valence-corrected chi connectivity index (χ2v) is 8.62. The Morgan fingerprint density at radius 1 is 1.15 bits per heavy atom. The van der Waals surface area contributed by atoms with E-state index < -0.39 is 0 Å². The van der Waals surface area contributed by atoms with Gasteiger partial charge in [-0.3, -0.25) is 14.5 Å². The number of carbonyl (C=O) groups excluding carboxylic acids is 2. The summed E-state index contributed by atoms with van der Waals surface area (Å²) in [5.41, 5.74) is 0. The van der Waals surface area contributed by atoms with E-state index >= 15 is 0 Å². The summed E-state index contributed by atoms with van der Waals surface area (Å²) in [5.74, 6) is 2.34. The third-order valence-corrected chi connectivity index (χ3v) is 6.71. The average molecular weight is 571 g/mol. The molecule has 4 rings (SSSR count). The van der Waals surface area contributed by atoms with Crippen molar-refractivity contribution in [1.82, 2.24) is 30.3 Å². The van der Waals surface area contributed by atoms with Crippen molar-refractivity contribution in [1.29, 1.82) is 0 Å². The first-order valence-electron chi connectivity index (χ1n) is 11.5. The van der Waals surface area contributed by atoms with Crippen LogP contribution in [0.15, 0.2) is 17.1 Å². The number of rotatable bonds is 10. The molecule has 2 aliphatic carbocycles. The first-order valence-corrected chi connectivity index (χ1v) is 11.5. The van der Waals surface area contributed by atoms with Crippen LogP contribution < -0.4 is 10.6 Å². The van der Waals surface area contributed by atoms with E-state index in [1.54, 1.807) is 0 Å². The molecule has 1 saturated heterocycles. The maximum Gasteiger partial charge on any atom is 0.233 e. The molecule has 10 nitrogen and oxygen atoms in total. The molecule has 2 bridgehead atoms. The molecular formula is C22H34IN7O3. The lowest BCUT2D eigenvalue weighted by atomic mass is 9.85. The lowest BCUT2D eigenvalue weighted by molar-refractivity contribution is -0.140. The summed E-state index contributed by atoms with van der Waals surface area (Å²) in [6, 6.07) is 0. The van der Waals surface area contributed by atoms with Gasteiger partial charge < -0.3 is 19.9 Å². The summed E-state index contributed by atoms with van der Waals surface area (Å²) < 4.78 is 7.29. The molecule has 33 heavy (non-hydrogen) atoms. The Balaban J connectivity index is 0.00000306. The van der Waals surface area contributed by atoms with Crippen molar-refractivity contribution < 1.29 is 14.3 Å². The van der Waals surface area contributed by atoms with Crippen molar-refractivity contribution in [2.45, 2.75) is 33.2 Å². The molecule has 4 atom stereocenters. The zero-order chi connectivity index (χ0) is 22.7. The number of carbonyl (C=O) groups is 2. The average Bonchev–Trinajstić information content (AvgIpc) is 3.53. The fourth-order valence-corrected chi connectivity index (χ4v) is 4.91. The third kappa shape index (κ3) is 5.39. The maximum absolute atomic E-state index is 12.9. The monoisotopic (exact) mass is 571 g/mol. The van der Waals surface area contributed by atoms with E-state index in [1.807, 2.05) is 25.5 Å². The van der Waals surface area contributed by atoms with Crippen LogP contribution in [0.4, 0.5) is 0 Å². The van der Waals surface area contributed by atoms with Crippen LogP contribution in [0.25, 0.3) is 0 Å². The number of nitrogens with zero attached hydrogens (tertiary/aromatic N) is 5. The van der Waals surface area contributed by atoms with Crippen molar-refractivity contribution in [3.63, 3.8) is 0 Å². The molecule has 1 aliphatic heterocycles. The number of aromatic nitrogens is 3. The lowest BCUT2D eigenvalue weighted by Gasteiger charge is -2.19. The van der Waals surface area contributed by atoms with Gasteiger partial charge in [-0.15, -0.1) is 34.2 Å². The van der Waals surface area contributed by atoms with Crippen LogP contribution in [0.1, 0.15) is 31.4 Å². The SMILES string of the molecule is CCOCCCNC(=NCc1nnc(C)n1C)NCCN1C(=O)C2C3C=CC(C3)C2C1=O.I. The molecule has 2 N–H and O–H groups in total. The van der Waals surface area contributed by atoms with Crippen molar-refractivity contribution in [3.05, 3.63) is 23.8 Å². The first kappa shape index (κ1) is 25.6. The summed E-state index contributed by atoms with van der Waals surface area (Å²) >= 11 is 0. The Kier molecular flexibility index (Phi) is 8.85. The minimum absolute atomic E-state index is 0. The number of hydrogen-bond donors (Lipinski definition) is 2. The molecule has 1 saturated carbocycles. The van der Waals surface area contributed by atoms with Gasteiger partial charge in [0, 0.05) is 39.9 Å². The highest BCUT2D eigenvalue weighted by Gasteiger charge is 2.58. The number of nitrogens with one attached hydrogen (secondary N) is 2. The zero-order valence-corrected chi connectivity index (χ0v) is 21.8. The van der Waals surface area contributed by atoms with E-state index in [2.05, 4.69) is 38.0 Å². The van der Waals surface area contributed by atoms with Gasteiger partial charge >= 0.3 is 0 Å². The van der Waals surface area contributed by atoms with Crippen molar-refractivity contribution in [2.24, 2.45) is 35.7 Å². The van der Waals surface area contributed by atoms with Crippen LogP contribution in [-0.4, -0.2) is 70.3 Å². The Hall–Kier alpha value is -2.02. The second kappa shape index (κ2) is 11.4. The second-order valence-electron chi connectivity index (χ2n) is 8.62. The van der Waals surface area contributed by atoms with Crippen LogP contribution in [-0.2, 0) is 27.9 Å². The number of allylic oxidation sites excluding steroid dienone is 2. The fourth-order valence-electron chi connectivity index (χ4n) is 4.91. The van der Waals surface area contributed by atoms with Crippen LogP contribution in [0.3, 0.4) is 0 Å². The zero-order valence-electron chi connectivity index (χ0n) is 19.5. The molecule has 11 heteroatoms. The smallest absolute Gasteiger partial charge is 0.233 e. The number of ether oxygens (including phenoxy) is 1. The number of guanidine groups is 1. The lowest BCUT2D eigenvalue weighted by Crippen LogP contribution is -2.44. The number of amides is 2. The molecule has 0 aromatic carbocycles. The van der Waals surface area contributed by atoms with Crippen molar-refractivity contribution in [2.75, 3.05) is 32.8 Å². The molecule has 3 aliphatic rings. The number of aryl methyl sites for hydroxylation is 1. The minimum atomic E-state index is -0.151. The molecule has 1 aromatic heterocycles. The largest absolute Gasteiger partial charge is 0.382 e. The van der Waals surface area contributed by atoms with Gasteiger partial charge in [0.1, 0.15) is 12.4 Å². The number of hydrogen-bond acceptors (Lipinski definition) is 6. The molecule has 2 fully saturated rings. The van der Waals surface area contributed by atoms with E-state index in [4.69, 9.17) is 4.74 Å². The quantitative estimate of drug-likeness (QED) is 0.108. The highest BCUT2D eigenvalue weighted by atomic mass is 127. The van der Waals surface area contributed by atoms with Gasteiger partial charge in [0.25, 0.3) is 0 Å². The molecule has 4 unspecified atom stereocenters. The van der Waals surface area contributed by atoms with Crippen molar-refractivity contribution in [3.8, 4) is 0 Å². The molecule has 1 aromatic rings. The van der Waals surface area contributed by atoms with Gasteiger partial charge in [-0.1, -0.05) is 12.2 Å². The Bertz CT molecular complexity index is 886. The molecule has 182 valence electrons. The minimum Gasteiger partial charge on any atom is -0.382 e. The van der Waals surface area contributed by atoms with Gasteiger partial charge in [-0.25, -0.2) is 4.99 Å². The normalized spacial score (nSPS) is 25.5. The van der Waals surface area contributed by atoms with Gasteiger partial charge in [0.05, 0.1) is 11.8 Å². The fraction of sp³-hybridized carbons (Fsp3) is 0.682. The van der Waals surface area contributed by atoms with E-state index in [1.165, 1.54) is 4.90 Å². The van der Waals surface area contributed by atoms with Crippen LogP contribution in [0, 0.1) is 30.6 Å². The molecule has 0 spiro atoms. The summed E-state index contributed by atoms with van der Waals surface area (Å²) in [6.07, 6.45) is 6.02. The van der Waals surface area contributed by atoms with Gasteiger partial charge in [0.15, 0.2) is 11.8 Å². The molecule has 0 radical (unpaired) electrons. The highest BCUT2D eigenvalue weighted by Crippen LogP contribution is 2.52. The summed E-state index contributed by atoms with van der Waals surface area (Å²) in [5, 5.41) is 14.8. The summed E-state index contributed by atoms with van der Waals surface area (Å²) in [7, 11) is 1.91. The third-order valence-electron chi connectivity index (χ3n) is 6.71. The standard InChI is InChI=1S/C22H33N7O3.HI/c1-4-32-11-5-8-23-22(25-13-17-27-26-14(2)28(17)3)24-9-10-29-20(30)18-15-6-7-16(12-15)19(18)21(29)31;/h6-7,15-16,18-19H,4-5,8-13H2,1-3H3,(H2,23,24,25);1H. The van der Waals surface area contributed by atoms with Gasteiger partial charge in [-0.05, 0) is 38.5 Å². The van der Waals surface area contributed by atoms with Gasteiger partial charge in [0.2, 0.25) is 11.8 Å². The first-order chi connectivity index (χ1) is 15.5. The Morgan fingerprint density at radius 2 is 1.82 bits per heavy atom. The summed E-state index contributed by atoms with van der Waals surface area (Å²) in [6.45, 7) is 7.09. The number of likely N-dealkylation sites (tertiary alicyclic amines) is 1. The Labute approximate surface area is 211 Å². The van der Waals surface area contributed by atoms with Crippen LogP contribution >= 0.6 is 24.0 Å². The predicted molar refractivity (Wildman–Crippen MR) is 134 cm³/mol. The topological polar surface area (TPSA) is 114 Å². The highest BCUT2D eigenvalue weighted by molar-refractivity contribution is 14.0. The maximum atomic E-state index is 12.9.